The lowest BCUT2D eigenvalue weighted by Crippen LogP contribution is -2.38. The van der Waals surface area contributed by atoms with Gasteiger partial charge in [-0.1, -0.05) is 18.2 Å². The van der Waals surface area contributed by atoms with E-state index in [-0.39, 0.29) is 19.3 Å². The lowest BCUT2D eigenvalue weighted by molar-refractivity contribution is 0.0925. The van der Waals surface area contributed by atoms with E-state index in [1.54, 1.807) is 6.26 Å². The quantitative estimate of drug-likeness (QED) is 0.809. The lowest BCUT2D eigenvalue weighted by atomic mass is 10.1. The highest BCUT2D eigenvalue weighted by molar-refractivity contribution is 5.80. The van der Waals surface area contributed by atoms with Crippen molar-refractivity contribution >= 4 is 11.0 Å². The van der Waals surface area contributed by atoms with Crippen LogP contribution in [0.3, 0.4) is 0 Å². The number of aliphatic hydroxyl groups is 2. The summed E-state index contributed by atoms with van der Waals surface area (Å²) in [6, 6.07) is 7.75. The van der Waals surface area contributed by atoms with Gasteiger partial charge in [0.2, 0.25) is 0 Å². The Bertz CT molecular complexity index is 490. The molecule has 1 aromatic carbocycles. The normalized spacial score (nSPS) is 11.8. The van der Waals surface area contributed by atoms with Gasteiger partial charge in [0.25, 0.3) is 0 Å². The number of likely N-dealkylation sites (N-methyl/N-ethyl adjacent to an activating group) is 1. The molecule has 0 bridgehead atoms. The molecule has 0 aliphatic rings. The summed E-state index contributed by atoms with van der Waals surface area (Å²) in [5.41, 5.74) is 2.06. The number of nitrogens with zero attached hydrogens (tertiary/aromatic N) is 1. The van der Waals surface area contributed by atoms with Crippen LogP contribution in [0.2, 0.25) is 0 Å². The molecule has 4 heteroatoms. The zero-order valence-electron chi connectivity index (χ0n) is 10.5. The van der Waals surface area contributed by atoms with Gasteiger partial charge in [0, 0.05) is 11.9 Å². The molecule has 0 amide bonds. The van der Waals surface area contributed by atoms with Crippen molar-refractivity contribution in [3.8, 4) is 0 Å². The molecule has 4 nitrogen and oxygen atoms in total. The van der Waals surface area contributed by atoms with Gasteiger partial charge < -0.3 is 14.6 Å². The van der Waals surface area contributed by atoms with Crippen molar-refractivity contribution in [2.24, 2.45) is 0 Å². The van der Waals surface area contributed by atoms with Crippen LogP contribution < -0.4 is 0 Å². The minimum absolute atomic E-state index is 0.0286. The van der Waals surface area contributed by atoms with Crippen LogP contribution in [0.4, 0.5) is 0 Å². The fourth-order valence-corrected chi connectivity index (χ4v) is 2.04. The van der Waals surface area contributed by atoms with Crippen LogP contribution in [0, 0.1) is 0 Å². The second-order valence-corrected chi connectivity index (χ2v) is 4.51. The first kappa shape index (κ1) is 13.1. The molecule has 0 fully saturated rings. The molecule has 18 heavy (non-hydrogen) atoms. The van der Waals surface area contributed by atoms with Crippen molar-refractivity contribution in [2.75, 3.05) is 26.8 Å². The van der Waals surface area contributed by atoms with E-state index in [1.165, 1.54) is 0 Å². The second-order valence-electron chi connectivity index (χ2n) is 4.51. The Labute approximate surface area is 106 Å². The summed E-state index contributed by atoms with van der Waals surface area (Å²) in [5.74, 6) is 0. The van der Waals surface area contributed by atoms with E-state index < -0.39 is 0 Å². The smallest absolute Gasteiger partial charge is 0.134 e. The highest BCUT2D eigenvalue weighted by Crippen LogP contribution is 2.21. The van der Waals surface area contributed by atoms with Gasteiger partial charge in [-0.3, -0.25) is 4.90 Å². The highest BCUT2D eigenvalue weighted by atomic mass is 16.3. The average Bonchev–Trinajstić information content (AvgIpc) is 2.81. The summed E-state index contributed by atoms with van der Waals surface area (Å²) in [7, 11) is 1.90. The molecule has 0 spiro atoms. The van der Waals surface area contributed by atoms with E-state index in [0.717, 1.165) is 29.5 Å². The topological polar surface area (TPSA) is 56.8 Å². The largest absolute Gasteiger partial charge is 0.464 e. The number of hydrogen-bond donors (Lipinski definition) is 2. The zero-order chi connectivity index (χ0) is 13.0. The third-order valence-electron chi connectivity index (χ3n) is 3.34. The van der Waals surface area contributed by atoms with Crippen LogP contribution in [0.5, 0.6) is 0 Å². The summed E-state index contributed by atoms with van der Waals surface area (Å²) in [6.45, 7) is 0.716. The maximum Gasteiger partial charge on any atom is 0.134 e. The van der Waals surface area contributed by atoms with Crippen molar-refractivity contribution in [3.05, 3.63) is 36.1 Å². The van der Waals surface area contributed by atoms with Crippen LogP contribution in [0.1, 0.15) is 5.56 Å². The van der Waals surface area contributed by atoms with Crippen molar-refractivity contribution < 1.29 is 14.6 Å². The van der Waals surface area contributed by atoms with E-state index in [1.807, 2.05) is 36.2 Å². The Morgan fingerprint density at radius 3 is 2.67 bits per heavy atom. The Balaban J connectivity index is 2.02. The van der Waals surface area contributed by atoms with Gasteiger partial charge in [-0.15, -0.1) is 0 Å². The van der Waals surface area contributed by atoms with Gasteiger partial charge in [0.15, 0.2) is 0 Å². The molecule has 2 aromatic rings. The van der Waals surface area contributed by atoms with E-state index in [4.69, 9.17) is 14.6 Å². The fourth-order valence-electron chi connectivity index (χ4n) is 2.04. The van der Waals surface area contributed by atoms with Gasteiger partial charge in [-0.2, -0.15) is 0 Å². The van der Waals surface area contributed by atoms with Gasteiger partial charge in [0.05, 0.1) is 25.5 Å². The molecule has 0 aliphatic carbocycles. The number of fused-ring (bicyclic) bond motifs is 1. The van der Waals surface area contributed by atoms with E-state index >= 15 is 0 Å². The SMILES string of the molecule is CN(CCc1coc2ccccc12)C(CO)CO. The molecule has 0 aliphatic heterocycles. The van der Waals surface area contributed by atoms with Gasteiger partial charge in [-0.05, 0) is 25.1 Å². The second kappa shape index (κ2) is 6.00. The van der Waals surface area contributed by atoms with Crippen molar-refractivity contribution in [2.45, 2.75) is 12.5 Å². The van der Waals surface area contributed by atoms with E-state index in [2.05, 4.69) is 0 Å². The molecule has 0 saturated heterocycles. The minimum atomic E-state index is -0.192. The van der Waals surface area contributed by atoms with Crippen molar-refractivity contribution in [3.63, 3.8) is 0 Å². The maximum atomic E-state index is 9.11. The van der Waals surface area contributed by atoms with E-state index in [9.17, 15) is 0 Å². The number of aliphatic hydroxyl groups excluding tert-OH is 2. The van der Waals surface area contributed by atoms with Crippen LogP contribution >= 0.6 is 0 Å². The Kier molecular flexibility index (Phi) is 4.36. The summed E-state index contributed by atoms with van der Waals surface area (Å²) in [5, 5.41) is 19.3. The molecule has 0 saturated carbocycles. The number of hydrogen-bond acceptors (Lipinski definition) is 4. The molecule has 0 radical (unpaired) electrons. The third-order valence-corrected chi connectivity index (χ3v) is 3.34. The molecule has 1 heterocycles. The summed E-state index contributed by atoms with van der Waals surface area (Å²) in [6.07, 6.45) is 2.62. The van der Waals surface area contributed by atoms with Crippen LogP contribution in [0.25, 0.3) is 11.0 Å². The van der Waals surface area contributed by atoms with Crippen LogP contribution in [-0.2, 0) is 6.42 Å². The monoisotopic (exact) mass is 249 g/mol. The molecule has 0 unspecified atom stereocenters. The first-order valence-corrected chi connectivity index (χ1v) is 6.13. The van der Waals surface area contributed by atoms with Crippen molar-refractivity contribution in [1.29, 1.82) is 0 Å². The Hall–Kier alpha value is -1.36. The first-order valence-electron chi connectivity index (χ1n) is 6.13. The minimum Gasteiger partial charge on any atom is -0.464 e. The molecule has 98 valence electrons. The lowest BCUT2D eigenvalue weighted by Gasteiger charge is -2.24. The van der Waals surface area contributed by atoms with E-state index in [0.29, 0.717) is 0 Å². The Morgan fingerprint density at radius 1 is 1.22 bits per heavy atom. The third kappa shape index (κ3) is 2.72. The molecular formula is C14H19NO3. The summed E-state index contributed by atoms with van der Waals surface area (Å²) < 4.78 is 5.48. The molecule has 1 aromatic heterocycles. The predicted octanol–water partition coefficient (Wildman–Crippen LogP) is 1.26. The molecule has 2 rings (SSSR count). The van der Waals surface area contributed by atoms with Gasteiger partial charge >= 0.3 is 0 Å². The fraction of sp³-hybridized carbons (Fsp3) is 0.429. The molecule has 0 atom stereocenters. The van der Waals surface area contributed by atoms with Crippen LogP contribution in [-0.4, -0.2) is 48.0 Å². The number of furan rings is 1. The van der Waals surface area contributed by atoms with Gasteiger partial charge in [0.1, 0.15) is 5.58 Å². The average molecular weight is 249 g/mol. The Morgan fingerprint density at radius 2 is 1.94 bits per heavy atom. The standard InChI is InChI=1S/C14H19NO3/c1-15(12(8-16)9-17)7-6-11-10-18-14-5-3-2-4-13(11)14/h2-5,10,12,16-17H,6-9H2,1H3. The van der Waals surface area contributed by atoms with Crippen molar-refractivity contribution in [1.82, 2.24) is 4.90 Å². The molecule has 2 N–H and O–H groups in total. The summed E-state index contributed by atoms with van der Waals surface area (Å²) >= 11 is 0. The number of benzene rings is 1. The maximum absolute atomic E-state index is 9.11. The number of rotatable bonds is 6. The highest BCUT2D eigenvalue weighted by Gasteiger charge is 2.13. The first-order chi connectivity index (χ1) is 8.76. The predicted molar refractivity (Wildman–Crippen MR) is 70.5 cm³/mol. The number of para-hydroxylation sites is 1. The van der Waals surface area contributed by atoms with Gasteiger partial charge in [-0.25, -0.2) is 0 Å². The zero-order valence-corrected chi connectivity index (χ0v) is 10.5. The summed E-state index contributed by atoms with van der Waals surface area (Å²) in [4.78, 5) is 1.96. The van der Waals surface area contributed by atoms with Crippen LogP contribution in [0.15, 0.2) is 34.9 Å². The molecular weight excluding hydrogens is 230 g/mol.